The fraction of sp³-hybridized carbons (Fsp3) is 0.476. The minimum absolute atomic E-state index is 0.132. The molecule has 0 aliphatic carbocycles. The molecule has 1 fully saturated rings. The summed E-state index contributed by atoms with van der Waals surface area (Å²) >= 11 is 0. The number of aromatic nitrogens is 2. The molecule has 0 spiro atoms. The number of aryl methyl sites for hydroxylation is 1. The molecule has 0 atom stereocenters. The highest BCUT2D eigenvalue weighted by Crippen LogP contribution is 2.20. The average Bonchev–Trinajstić information content (AvgIpc) is 2.80. The van der Waals surface area contributed by atoms with Gasteiger partial charge >= 0.3 is 0 Å². The lowest BCUT2D eigenvalue weighted by molar-refractivity contribution is 0.0730. The molecule has 0 amide bonds. The van der Waals surface area contributed by atoms with Crippen molar-refractivity contribution in [2.24, 2.45) is 0 Å². The molecule has 1 aromatic carbocycles. The molecule has 2 aromatic rings. The molecule has 166 valence electrons. The molecule has 0 bridgehead atoms. The number of rotatable bonds is 8. The summed E-state index contributed by atoms with van der Waals surface area (Å²) in [5.74, 6) is 0.482. The van der Waals surface area contributed by atoms with E-state index in [1.54, 1.807) is 12.1 Å². The molecule has 0 unspecified atom stereocenters. The smallest absolute Gasteiger partial charge is 0.285 e. The van der Waals surface area contributed by atoms with Crippen molar-refractivity contribution >= 4 is 10.0 Å². The molecular formula is C21H26N4O5S. The van der Waals surface area contributed by atoms with E-state index in [1.165, 1.54) is 21.1 Å². The van der Waals surface area contributed by atoms with Crippen LogP contribution in [0.4, 0.5) is 0 Å². The summed E-state index contributed by atoms with van der Waals surface area (Å²) in [6.07, 6.45) is 1.20. The van der Waals surface area contributed by atoms with Gasteiger partial charge in [0.05, 0.1) is 30.3 Å². The number of sulfonamides is 1. The van der Waals surface area contributed by atoms with Crippen LogP contribution in [0.2, 0.25) is 0 Å². The van der Waals surface area contributed by atoms with Crippen LogP contribution in [0.5, 0.6) is 5.75 Å². The molecule has 0 saturated carbocycles. The van der Waals surface area contributed by atoms with Crippen molar-refractivity contribution in [3.63, 3.8) is 0 Å². The van der Waals surface area contributed by atoms with Gasteiger partial charge in [0.25, 0.3) is 5.56 Å². The number of morpholine rings is 1. The highest BCUT2D eigenvalue weighted by molar-refractivity contribution is 7.89. The van der Waals surface area contributed by atoms with Crippen LogP contribution in [-0.2, 0) is 34.1 Å². The Hall–Kier alpha value is -2.74. The van der Waals surface area contributed by atoms with Gasteiger partial charge in [-0.1, -0.05) is 13.8 Å². The van der Waals surface area contributed by atoms with Crippen molar-refractivity contribution in [2.45, 2.75) is 38.1 Å². The van der Waals surface area contributed by atoms with Crippen LogP contribution >= 0.6 is 0 Å². The largest absolute Gasteiger partial charge is 0.492 e. The zero-order valence-electron chi connectivity index (χ0n) is 17.7. The number of nitrogens with zero attached hydrogens (tertiary/aromatic N) is 4. The fourth-order valence-corrected chi connectivity index (χ4v) is 4.89. The van der Waals surface area contributed by atoms with Crippen LogP contribution in [-0.4, -0.2) is 55.4 Å². The third-order valence-corrected chi connectivity index (χ3v) is 7.06. The van der Waals surface area contributed by atoms with Crippen LogP contribution in [0.1, 0.15) is 30.7 Å². The van der Waals surface area contributed by atoms with Crippen LogP contribution in [0.3, 0.4) is 0 Å². The third kappa shape index (κ3) is 4.95. The van der Waals surface area contributed by atoms with Gasteiger partial charge in [0, 0.05) is 13.1 Å². The minimum Gasteiger partial charge on any atom is -0.492 e. The molecular weight excluding hydrogens is 420 g/mol. The Morgan fingerprint density at radius 1 is 1.16 bits per heavy atom. The quantitative estimate of drug-likeness (QED) is 0.601. The first-order valence-corrected chi connectivity index (χ1v) is 11.7. The highest BCUT2D eigenvalue weighted by Gasteiger charge is 2.26. The Morgan fingerprint density at radius 2 is 1.84 bits per heavy atom. The van der Waals surface area contributed by atoms with Crippen LogP contribution < -0.4 is 10.3 Å². The normalized spacial score (nSPS) is 14.9. The highest BCUT2D eigenvalue weighted by atomic mass is 32.2. The Labute approximate surface area is 181 Å². The third-order valence-electron chi connectivity index (χ3n) is 5.14. The second kappa shape index (κ2) is 10.0. The summed E-state index contributed by atoms with van der Waals surface area (Å²) in [5, 5.41) is 13.8. The van der Waals surface area contributed by atoms with E-state index in [-0.39, 0.29) is 23.6 Å². The van der Waals surface area contributed by atoms with E-state index >= 15 is 0 Å². The maximum absolute atomic E-state index is 12.7. The van der Waals surface area contributed by atoms with Gasteiger partial charge in [-0.05, 0) is 42.7 Å². The number of ether oxygens (including phenoxy) is 2. The van der Waals surface area contributed by atoms with E-state index in [2.05, 4.69) is 5.10 Å². The second-order valence-electron chi connectivity index (χ2n) is 6.98. The standard InChI is InChI=1S/C21H26N4O5S/c1-3-18-19(15-22)21(26)25(23-20(18)4-2)11-14-30-16-5-7-17(8-6-16)31(27,28)24-9-12-29-13-10-24/h5-8H,3-4,9-14H2,1-2H3. The minimum atomic E-state index is -3.56. The topological polar surface area (TPSA) is 115 Å². The molecule has 2 heterocycles. The van der Waals surface area contributed by atoms with Crippen LogP contribution in [0.25, 0.3) is 0 Å². The monoisotopic (exact) mass is 446 g/mol. The van der Waals surface area contributed by atoms with Crippen molar-refractivity contribution in [1.82, 2.24) is 14.1 Å². The number of nitriles is 1. The summed E-state index contributed by atoms with van der Waals surface area (Å²) in [4.78, 5) is 12.7. The van der Waals surface area contributed by atoms with E-state index in [0.29, 0.717) is 50.5 Å². The van der Waals surface area contributed by atoms with E-state index in [0.717, 1.165) is 5.69 Å². The summed E-state index contributed by atoms with van der Waals surface area (Å²) < 4.78 is 38.9. The van der Waals surface area contributed by atoms with Crippen molar-refractivity contribution in [2.75, 3.05) is 32.9 Å². The predicted molar refractivity (Wildman–Crippen MR) is 113 cm³/mol. The van der Waals surface area contributed by atoms with E-state index in [4.69, 9.17) is 9.47 Å². The van der Waals surface area contributed by atoms with Gasteiger partial charge in [0.2, 0.25) is 10.0 Å². The lowest BCUT2D eigenvalue weighted by Crippen LogP contribution is -2.40. The van der Waals surface area contributed by atoms with Crippen molar-refractivity contribution in [3.8, 4) is 11.8 Å². The molecule has 1 saturated heterocycles. The summed E-state index contributed by atoms with van der Waals surface area (Å²) in [6, 6.07) is 8.18. The molecule has 1 aromatic heterocycles. The van der Waals surface area contributed by atoms with Gasteiger partial charge in [-0.25, -0.2) is 13.1 Å². The van der Waals surface area contributed by atoms with Gasteiger partial charge in [0.1, 0.15) is 24.0 Å². The lowest BCUT2D eigenvalue weighted by atomic mass is 10.0. The SMILES string of the molecule is CCc1nn(CCOc2ccc(S(=O)(=O)N3CCOCC3)cc2)c(=O)c(C#N)c1CC. The molecule has 31 heavy (non-hydrogen) atoms. The molecule has 0 N–H and O–H groups in total. The predicted octanol–water partition coefficient (Wildman–Crippen LogP) is 1.34. The van der Waals surface area contributed by atoms with Crippen molar-refractivity contribution in [3.05, 3.63) is 51.4 Å². The van der Waals surface area contributed by atoms with Gasteiger partial charge < -0.3 is 9.47 Å². The molecule has 9 nitrogen and oxygen atoms in total. The molecule has 1 aliphatic heterocycles. The second-order valence-corrected chi connectivity index (χ2v) is 8.92. The molecule has 1 aliphatic rings. The summed E-state index contributed by atoms with van der Waals surface area (Å²) in [7, 11) is -3.56. The number of hydrogen-bond acceptors (Lipinski definition) is 7. The summed E-state index contributed by atoms with van der Waals surface area (Å²) in [5.41, 5.74) is 1.14. The molecule has 3 rings (SSSR count). The number of hydrogen-bond donors (Lipinski definition) is 0. The van der Waals surface area contributed by atoms with E-state index < -0.39 is 15.6 Å². The lowest BCUT2D eigenvalue weighted by Gasteiger charge is -2.26. The van der Waals surface area contributed by atoms with Crippen LogP contribution in [0.15, 0.2) is 34.0 Å². The van der Waals surface area contributed by atoms with Gasteiger partial charge in [-0.2, -0.15) is 14.7 Å². The fourth-order valence-electron chi connectivity index (χ4n) is 3.48. The van der Waals surface area contributed by atoms with E-state index in [1.807, 2.05) is 19.9 Å². The first-order valence-electron chi connectivity index (χ1n) is 10.3. The Bertz CT molecular complexity index is 1110. The Kier molecular flexibility index (Phi) is 7.43. The average molecular weight is 447 g/mol. The number of benzene rings is 1. The first kappa shape index (κ1) is 22.9. The van der Waals surface area contributed by atoms with Crippen molar-refractivity contribution < 1.29 is 17.9 Å². The Balaban J connectivity index is 1.68. The Morgan fingerprint density at radius 3 is 2.42 bits per heavy atom. The molecule has 10 heteroatoms. The maximum atomic E-state index is 12.7. The van der Waals surface area contributed by atoms with Crippen molar-refractivity contribution in [1.29, 1.82) is 5.26 Å². The first-order chi connectivity index (χ1) is 14.9. The van der Waals surface area contributed by atoms with Gasteiger partial charge in [-0.15, -0.1) is 0 Å². The molecule has 0 radical (unpaired) electrons. The van der Waals surface area contributed by atoms with E-state index in [9.17, 15) is 18.5 Å². The zero-order chi connectivity index (χ0) is 22.4. The van der Waals surface area contributed by atoms with Crippen LogP contribution in [0, 0.1) is 11.3 Å². The van der Waals surface area contributed by atoms with Gasteiger partial charge in [0.15, 0.2) is 0 Å². The maximum Gasteiger partial charge on any atom is 0.285 e. The summed E-state index contributed by atoms with van der Waals surface area (Å²) in [6.45, 7) is 5.61. The van der Waals surface area contributed by atoms with Gasteiger partial charge in [-0.3, -0.25) is 4.79 Å². The zero-order valence-corrected chi connectivity index (χ0v) is 18.5.